The number of para-hydroxylation sites is 10. The predicted molar refractivity (Wildman–Crippen MR) is 604 cm³/mol. The van der Waals surface area contributed by atoms with Crippen LogP contribution in [0.15, 0.2) is 455 Å². The average molecular weight is 1910 g/mol. The lowest BCUT2D eigenvalue weighted by Crippen LogP contribution is -2.00. The summed E-state index contributed by atoms with van der Waals surface area (Å²) in [5.74, 6) is 0. The van der Waals surface area contributed by atoms with Crippen LogP contribution in [0.2, 0.25) is 0 Å². The van der Waals surface area contributed by atoms with Crippen LogP contribution < -0.4 is 0 Å². The van der Waals surface area contributed by atoms with Gasteiger partial charge in [0.05, 0.1) is 166 Å². The summed E-state index contributed by atoms with van der Waals surface area (Å²) >= 11 is 0. The molecular weight excluding hydrogens is 1830 g/mol. The number of hydrogen-bond donors (Lipinski definition) is 0. The molecule has 27 rings (SSSR count). The van der Waals surface area contributed by atoms with Crippen molar-refractivity contribution in [3.05, 3.63) is 517 Å². The first-order valence-corrected chi connectivity index (χ1v) is 48.8. The van der Waals surface area contributed by atoms with E-state index in [1.165, 1.54) is 0 Å². The Hall–Kier alpha value is -22.2. The van der Waals surface area contributed by atoms with E-state index in [0.29, 0.717) is 50.3 Å². The van der Waals surface area contributed by atoms with Gasteiger partial charge in [0.2, 0.25) is 0 Å². The van der Waals surface area contributed by atoms with E-state index in [0.717, 1.165) is 232 Å². The Labute approximate surface area is 860 Å². The van der Waals surface area contributed by atoms with E-state index in [1.54, 1.807) is 0 Å². The van der Waals surface area contributed by atoms with Crippen molar-refractivity contribution in [1.82, 2.24) is 27.4 Å². The summed E-state index contributed by atoms with van der Waals surface area (Å²) in [5, 5.41) is 82.9. The zero-order valence-corrected chi connectivity index (χ0v) is 80.0. The van der Waals surface area contributed by atoms with E-state index in [9.17, 15) is 36.8 Å². The number of benzene rings is 21. The zero-order valence-electron chi connectivity index (χ0n) is 80.0. The number of nitrogens with zero attached hydrogens (tertiary/aromatic N) is 15. The molecule has 0 aliphatic heterocycles. The Morgan fingerprint density at radius 2 is 0.427 bits per heavy atom. The minimum Gasteiger partial charge on any atom is -0.310 e. The van der Waals surface area contributed by atoms with Crippen LogP contribution in [0, 0.1) is 92.5 Å². The molecule has 21 aromatic carbocycles. The van der Waals surface area contributed by atoms with Gasteiger partial charge in [0.15, 0.2) is 11.4 Å². The maximum absolute atomic E-state index is 10.4. The van der Waals surface area contributed by atoms with Crippen LogP contribution in [0.5, 0.6) is 0 Å². The molecule has 0 atom stereocenters. The normalized spacial score (nSPS) is 11.1. The highest BCUT2D eigenvalue weighted by molar-refractivity contribution is 6.17. The molecule has 0 fully saturated rings. The van der Waals surface area contributed by atoms with Crippen molar-refractivity contribution in [2.24, 2.45) is 0 Å². The van der Waals surface area contributed by atoms with Gasteiger partial charge in [-0.15, -0.1) is 0 Å². The zero-order chi connectivity index (χ0) is 101. The highest BCUT2D eigenvalue weighted by atomic mass is 15.0. The largest absolute Gasteiger partial charge is 0.310 e. The van der Waals surface area contributed by atoms with Gasteiger partial charge in [-0.2, -0.15) is 36.8 Å². The second-order valence-corrected chi connectivity index (χ2v) is 36.8. The maximum Gasteiger partial charge on any atom is 0.189 e. The van der Waals surface area contributed by atoms with Gasteiger partial charge in [-0.05, 0) is 227 Å². The number of nitriles is 7. The molecule has 15 heteroatoms. The quantitative estimate of drug-likeness (QED) is 0.108. The van der Waals surface area contributed by atoms with Crippen molar-refractivity contribution in [2.45, 2.75) is 0 Å². The summed E-state index contributed by atoms with van der Waals surface area (Å²) in [5.41, 5.74) is 34.6. The van der Waals surface area contributed by atoms with E-state index in [1.807, 2.05) is 249 Å². The van der Waals surface area contributed by atoms with E-state index in [-0.39, 0.29) is 0 Å². The van der Waals surface area contributed by atoms with Gasteiger partial charge in [-0.3, -0.25) is 0 Å². The Kier molecular flexibility index (Phi) is 22.0. The van der Waals surface area contributed by atoms with E-state index in [4.69, 9.17) is 13.1 Å². The van der Waals surface area contributed by atoms with Gasteiger partial charge >= 0.3 is 0 Å². The van der Waals surface area contributed by atoms with Gasteiger partial charge in [-0.25, -0.2) is 9.69 Å². The molecule has 15 nitrogen and oxygen atoms in total. The minimum absolute atomic E-state index is 0.575. The third-order valence-corrected chi connectivity index (χ3v) is 28.9. The molecule has 690 valence electrons. The fourth-order valence-electron chi connectivity index (χ4n) is 22.5. The molecule has 0 saturated carbocycles. The number of hydrogen-bond acceptors (Lipinski definition) is 7. The van der Waals surface area contributed by atoms with Crippen LogP contribution in [0.25, 0.3) is 241 Å². The summed E-state index contributed by atoms with van der Waals surface area (Å²) in [6.07, 6.45) is 0. The fraction of sp³-hybridized carbons (Fsp3) is 0. The molecule has 6 heterocycles. The predicted octanol–water partition coefficient (Wildman–Crippen LogP) is 33.8. The van der Waals surface area contributed by atoms with Crippen LogP contribution in [0.3, 0.4) is 0 Å². The van der Waals surface area contributed by atoms with Crippen LogP contribution >= 0.6 is 0 Å². The van der Waals surface area contributed by atoms with Gasteiger partial charge in [0.25, 0.3) is 0 Å². The van der Waals surface area contributed by atoms with E-state index < -0.39 is 0 Å². The second-order valence-electron chi connectivity index (χ2n) is 36.8. The van der Waals surface area contributed by atoms with Crippen molar-refractivity contribution in [3.8, 4) is 143 Å². The molecule has 0 unspecified atom stereocenters. The van der Waals surface area contributed by atoms with Crippen molar-refractivity contribution in [3.63, 3.8) is 0 Å². The Morgan fingerprint density at radius 3 is 0.793 bits per heavy atom. The summed E-state index contributed by atoms with van der Waals surface area (Å²) < 4.78 is 13.4. The third kappa shape index (κ3) is 14.7. The van der Waals surface area contributed by atoms with Crippen molar-refractivity contribution in [1.29, 1.82) is 36.8 Å². The van der Waals surface area contributed by atoms with E-state index in [2.05, 4.69) is 286 Å². The standard InChI is InChI=1S/3C45H25N5/c1-48-32-20-23-37-34-10-2-6-15-41(34)50(44(37)26-32)42-16-7-3-11-35(42)38-13-8-9-31(28-47)45(38)30-18-21-33(22-19-30)49-40-14-5-4-12-36(40)39-25-29(27-46)17-24-43(39)49;1-48-32-20-24-44-39(26-32)36-12-4-7-16-42(36)50(44)41-15-6-2-10-34(41)37-13-8-9-31(28-47)45(37)30-18-21-33(22-19-30)49-40-14-5-3-11-35(40)38-25-29(27-46)17-23-43(38)49;46-26-29-19-24-43-39(25-29)36-13-3-4-16-40(36)49(43)33-22-20-30(21-23-33)44-31(27-47)9-7-14-37(44)34-11-1-5-17-41(34)50-42-18-6-2-12-35(42)38-15-8-10-32(28-48)45(38)50/h2*2-26H;1-25H. The van der Waals surface area contributed by atoms with Crippen LogP contribution in [0.1, 0.15) is 38.9 Å². The molecular formula is C135H75N15. The lowest BCUT2D eigenvalue weighted by Gasteiger charge is -2.18. The van der Waals surface area contributed by atoms with Crippen molar-refractivity contribution >= 4 is 142 Å². The molecule has 0 radical (unpaired) electrons. The van der Waals surface area contributed by atoms with Crippen molar-refractivity contribution < 1.29 is 0 Å². The second kappa shape index (κ2) is 37.0. The molecule has 0 N–H and O–H groups in total. The van der Waals surface area contributed by atoms with Gasteiger partial charge in [0, 0.05) is 115 Å². The SMILES string of the molecule is N#Cc1ccc2c(c1)c1ccccc1n2-c1ccc(-c2c(C#N)cccc2-c2ccccc2-n2c3ccccc3c3cccc(C#N)c32)cc1.[C-]#[N+]c1ccc2c(c1)c1ccccc1n2-c1ccccc1-c1cccc(C#N)c1-c1ccc(-n2c3ccccc3c3cc(C#N)ccc32)cc1.[C-]#[N+]c1ccc2c3ccccc3n(-c3ccccc3-c3cccc(C#N)c3-c3ccc(-n4c5ccccc5c5cc(C#N)ccc54)cc3)c2c1. The molecule has 27 aromatic rings. The van der Waals surface area contributed by atoms with Crippen LogP contribution in [0.4, 0.5) is 11.4 Å². The molecule has 0 aliphatic carbocycles. The molecule has 150 heavy (non-hydrogen) atoms. The average Bonchev–Trinajstić information content (AvgIpc) is 1.56. The highest BCUT2D eigenvalue weighted by Gasteiger charge is 2.28. The van der Waals surface area contributed by atoms with Gasteiger partial charge < -0.3 is 27.4 Å². The lowest BCUT2D eigenvalue weighted by molar-refractivity contribution is 1.18. The van der Waals surface area contributed by atoms with Crippen LogP contribution in [-0.2, 0) is 0 Å². The Morgan fingerprint density at radius 1 is 0.173 bits per heavy atom. The Balaban J connectivity index is 0.000000116. The minimum atomic E-state index is 0.575. The van der Waals surface area contributed by atoms with E-state index >= 15 is 0 Å². The van der Waals surface area contributed by atoms with Gasteiger partial charge in [-0.1, -0.05) is 267 Å². The smallest absolute Gasteiger partial charge is 0.189 e. The first kappa shape index (κ1) is 89.2. The fourth-order valence-corrected chi connectivity index (χ4v) is 22.5. The molecule has 6 aromatic heterocycles. The summed E-state index contributed by atoms with van der Waals surface area (Å²) in [6, 6.07) is 169. The topological polar surface area (TPSA) is 205 Å². The Bertz CT molecular complexity index is 10800. The monoisotopic (exact) mass is 1910 g/mol. The lowest BCUT2D eigenvalue weighted by atomic mass is 9.90. The van der Waals surface area contributed by atoms with Crippen molar-refractivity contribution in [2.75, 3.05) is 0 Å². The summed E-state index contributed by atoms with van der Waals surface area (Å²) in [6.45, 7) is 15.3. The third-order valence-electron chi connectivity index (χ3n) is 28.9. The first-order valence-electron chi connectivity index (χ1n) is 48.8. The number of rotatable bonds is 12. The summed E-state index contributed by atoms with van der Waals surface area (Å²) in [4.78, 5) is 7.43. The first-order chi connectivity index (χ1) is 74.0. The summed E-state index contributed by atoms with van der Waals surface area (Å²) in [7, 11) is 0. The number of aromatic nitrogens is 6. The molecule has 0 aliphatic rings. The molecule has 0 saturated heterocycles. The van der Waals surface area contributed by atoms with Gasteiger partial charge in [0.1, 0.15) is 6.07 Å². The highest BCUT2D eigenvalue weighted by Crippen LogP contribution is 2.49. The number of fused-ring (bicyclic) bond motifs is 18. The molecule has 0 bridgehead atoms. The van der Waals surface area contributed by atoms with Crippen LogP contribution in [-0.4, -0.2) is 27.4 Å². The molecule has 0 spiro atoms. The maximum atomic E-state index is 10.4. The molecule has 0 amide bonds.